The average Bonchev–Trinajstić information content (AvgIpc) is 3.38. The van der Waals surface area contributed by atoms with Crippen LogP contribution in [0.5, 0.6) is 11.5 Å². The van der Waals surface area contributed by atoms with Crippen LogP contribution in [0.25, 0.3) is 16.8 Å². The first-order valence-electron chi connectivity index (χ1n) is 15.5. The van der Waals surface area contributed by atoms with Crippen LogP contribution in [0.1, 0.15) is 43.5 Å². The summed E-state index contributed by atoms with van der Waals surface area (Å²) in [4.78, 5) is 35.9. The van der Waals surface area contributed by atoms with Crippen LogP contribution < -0.4 is 24.4 Å². The highest BCUT2D eigenvalue weighted by molar-refractivity contribution is 14.1. The van der Waals surface area contributed by atoms with Crippen LogP contribution in [0.2, 0.25) is 10.0 Å². The van der Waals surface area contributed by atoms with Crippen molar-refractivity contribution >= 4 is 102 Å². The maximum Gasteiger partial charge on any atom is 0.271 e. The van der Waals surface area contributed by atoms with Crippen molar-refractivity contribution in [1.29, 1.82) is 0 Å². The summed E-state index contributed by atoms with van der Waals surface area (Å²) >= 11 is 18.2. The van der Waals surface area contributed by atoms with E-state index in [9.17, 15) is 9.59 Å². The van der Waals surface area contributed by atoms with Gasteiger partial charge in [0.25, 0.3) is 11.5 Å². The summed E-state index contributed by atoms with van der Waals surface area (Å²) in [5, 5.41) is 2.99. The van der Waals surface area contributed by atoms with Crippen LogP contribution in [0.4, 0.5) is 0 Å². The summed E-state index contributed by atoms with van der Waals surface area (Å²) in [7, 11) is 1.61. The van der Waals surface area contributed by atoms with Crippen LogP contribution in [-0.2, 0) is 11.4 Å². The Morgan fingerprint density at radius 3 is 2.43 bits per heavy atom. The molecule has 1 amide bonds. The lowest BCUT2D eigenvalue weighted by Crippen LogP contribution is -2.43. The molecule has 0 spiro atoms. The molecule has 0 N–H and O–H groups in total. The van der Waals surface area contributed by atoms with Gasteiger partial charge in [-0.1, -0.05) is 70.9 Å². The Kier molecular flexibility index (Phi) is 11.1. The third-order valence-electron chi connectivity index (χ3n) is 8.43. The lowest BCUT2D eigenvalue weighted by molar-refractivity contribution is -0.127. The summed E-state index contributed by atoms with van der Waals surface area (Å²) in [6, 6.07) is 20.4. The van der Waals surface area contributed by atoms with Gasteiger partial charge in [-0.15, -0.1) is 0 Å². The van der Waals surface area contributed by atoms with Crippen LogP contribution in [-0.4, -0.2) is 35.6 Å². The number of fused-ring (bicyclic) bond motifs is 2. The Balaban J connectivity index is 1.49. The standard InChI is InChI=1S/C37H31Cl2I2N3O4S/c1-5-43(6-2)36(46)31-20(3)42-37-44(33(31)32-25-10-8-7-9-22(25)12-14-29(32)47-4)35(45)30(49-37)17-21-15-27(40)34(28(41)16-21)48-19-23-11-13-24(38)18-26(23)39/h7-18,33H,5-6,19H2,1-4H3/b30-17+/t33-/m0/s1. The van der Waals surface area contributed by atoms with Gasteiger partial charge in [0.15, 0.2) is 4.80 Å². The maximum atomic E-state index is 14.5. The predicted octanol–water partition coefficient (Wildman–Crippen LogP) is 8.36. The molecule has 7 nitrogen and oxygen atoms in total. The second kappa shape index (κ2) is 15.1. The lowest BCUT2D eigenvalue weighted by atomic mass is 9.90. The molecule has 0 unspecified atom stereocenters. The van der Waals surface area contributed by atoms with E-state index in [4.69, 9.17) is 37.7 Å². The van der Waals surface area contributed by atoms with Crippen LogP contribution in [0.15, 0.2) is 87.8 Å². The highest BCUT2D eigenvalue weighted by Crippen LogP contribution is 2.40. The molecule has 6 rings (SSSR count). The number of hydrogen-bond acceptors (Lipinski definition) is 6. The first kappa shape index (κ1) is 35.9. The third-order valence-corrected chi connectivity index (χ3v) is 11.6. The number of carbonyl (C=O) groups is 1. The monoisotopic (exact) mass is 937 g/mol. The summed E-state index contributed by atoms with van der Waals surface area (Å²) in [5.74, 6) is 1.17. The third kappa shape index (κ3) is 7.03. The van der Waals surface area contributed by atoms with E-state index in [-0.39, 0.29) is 18.1 Å². The first-order chi connectivity index (χ1) is 23.6. The minimum atomic E-state index is -0.747. The van der Waals surface area contributed by atoms with Gasteiger partial charge in [0, 0.05) is 34.3 Å². The van der Waals surface area contributed by atoms with E-state index in [0.29, 0.717) is 49.5 Å². The summed E-state index contributed by atoms with van der Waals surface area (Å²) in [6.45, 7) is 7.08. The molecule has 0 saturated heterocycles. The molecule has 49 heavy (non-hydrogen) atoms. The fraction of sp³-hybridized carbons (Fsp3) is 0.216. The van der Waals surface area contributed by atoms with Crippen molar-refractivity contribution in [3.05, 3.63) is 132 Å². The second-order valence-electron chi connectivity index (χ2n) is 11.3. The average molecular weight is 938 g/mol. The Labute approximate surface area is 325 Å². The highest BCUT2D eigenvalue weighted by atomic mass is 127. The van der Waals surface area contributed by atoms with Crippen LogP contribution in [0, 0.1) is 7.14 Å². The van der Waals surface area contributed by atoms with E-state index in [2.05, 4.69) is 45.2 Å². The van der Waals surface area contributed by atoms with Gasteiger partial charge in [0.2, 0.25) is 0 Å². The van der Waals surface area contributed by atoms with E-state index in [1.807, 2.05) is 81.4 Å². The number of allylic oxidation sites excluding steroid dienone is 1. The number of thiazole rings is 1. The highest BCUT2D eigenvalue weighted by Gasteiger charge is 2.36. The van der Waals surface area contributed by atoms with E-state index >= 15 is 0 Å². The summed E-state index contributed by atoms with van der Waals surface area (Å²) in [6.07, 6.45) is 1.87. The van der Waals surface area contributed by atoms with Crippen molar-refractivity contribution in [3.63, 3.8) is 0 Å². The topological polar surface area (TPSA) is 73.1 Å². The van der Waals surface area contributed by atoms with Gasteiger partial charge in [0.1, 0.15) is 24.1 Å². The zero-order valence-electron chi connectivity index (χ0n) is 27.0. The quantitative estimate of drug-likeness (QED) is 0.140. The largest absolute Gasteiger partial charge is 0.496 e. The predicted molar refractivity (Wildman–Crippen MR) is 215 cm³/mol. The fourth-order valence-electron chi connectivity index (χ4n) is 6.03. The minimum Gasteiger partial charge on any atom is -0.496 e. The lowest BCUT2D eigenvalue weighted by Gasteiger charge is -2.30. The number of carbonyl (C=O) groups excluding carboxylic acids is 1. The number of benzene rings is 4. The van der Waals surface area contributed by atoms with Gasteiger partial charge >= 0.3 is 0 Å². The molecule has 0 radical (unpaired) electrons. The molecule has 1 aliphatic rings. The van der Waals surface area contributed by atoms with Crippen molar-refractivity contribution in [2.45, 2.75) is 33.4 Å². The second-order valence-corrected chi connectivity index (χ2v) is 15.5. The molecule has 1 aliphatic heterocycles. The molecule has 0 fully saturated rings. The molecule has 12 heteroatoms. The smallest absolute Gasteiger partial charge is 0.271 e. The van der Waals surface area contributed by atoms with E-state index < -0.39 is 6.04 Å². The molecule has 252 valence electrons. The van der Waals surface area contributed by atoms with E-state index in [1.165, 1.54) is 11.3 Å². The minimum absolute atomic E-state index is 0.153. The number of rotatable bonds is 9. The zero-order chi connectivity index (χ0) is 35.0. The van der Waals surface area contributed by atoms with Gasteiger partial charge in [-0.05, 0) is 119 Å². The number of ether oxygens (including phenoxy) is 2. The van der Waals surface area contributed by atoms with E-state index in [0.717, 1.165) is 40.4 Å². The van der Waals surface area contributed by atoms with Crippen molar-refractivity contribution < 1.29 is 14.3 Å². The molecule has 4 aromatic carbocycles. The van der Waals surface area contributed by atoms with Gasteiger partial charge in [0.05, 0.1) is 30.1 Å². The Hall–Kier alpha value is -2.91. The van der Waals surface area contributed by atoms with Gasteiger partial charge < -0.3 is 14.4 Å². The van der Waals surface area contributed by atoms with Crippen molar-refractivity contribution in [2.24, 2.45) is 4.99 Å². The van der Waals surface area contributed by atoms with Crippen molar-refractivity contribution in [2.75, 3.05) is 20.2 Å². The first-order valence-corrected chi connectivity index (χ1v) is 19.2. The number of aromatic nitrogens is 1. The molecule has 5 aromatic rings. The molecule has 1 aromatic heterocycles. The van der Waals surface area contributed by atoms with Crippen molar-refractivity contribution in [1.82, 2.24) is 9.47 Å². The molecular formula is C37H31Cl2I2N3O4S. The van der Waals surface area contributed by atoms with Crippen LogP contribution >= 0.6 is 79.7 Å². The Morgan fingerprint density at radius 2 is 1.76 bits per heavy atom. The number of nitrogens with zero attached hydrogens (tertiary/aromatic N) is 3. The molecule has 2 heterocycles. The number of likely N-dealkylation sites (N-methyl/N-ethyl adjacent to an activating group) is 1. The van der Waals surface area contributed by atoms with Gasteiger partial charge in [-0.2, -0.15) is 0 Å². The molecule has 1 atom stereocenters. The molecular weight excluding hydrogens is 907 g/mol. The maximum absolute atomic E-state index is 14.5. The molecule has 0 bridgehead atoms. The SMILES string of the molecule is CCN(CC)C(=O)C1=C(C)N=c2s/c(=C/c3cc(I)c(OCc4ccc(Cl)cc4Cl)c(I)c3)c(=O)n2[C@@H]1c1c(OC)ccc2ccccc12. The van der Waals surface area contributed by atoms with E-state index in [1.54, 1.807) is 28.7 Å². The van der Waals surface area contributed by atoms with Gasteiger partial charge in [-0.3, -0.25) is 14.2 Å². The number of hydrogen-bond donors (Lipinski definition) is 0. The summed E-state index contributed by atoms with van der Waals surface area (Å²) < 4.78 is 16.0. The number of amides is 1. The van der Waals surface area contributed by atoms with Crippen molar-refractivity contribution in [3.8, 4) is 11.5 Å². The van der Waals surface area contributed by atoms with Crippen LogP contribution in [0.3, 0.4) is 0 Å². The zero-order valence-corrected chi connectivity index (χ0v) is 33.7. The number of halogens is 4. The molecule has 0 aliphatic carbocycles. The normalized spacial score (nSPS) is 14.5. The summed E-state index contributed by atoms with van der Waals surface area (Å²) in [5.41, 5.74) is 3.23. The Morgan fingerprint density at radius 1 is 1.04 bits per heavy atom. The Bertz CT molecular complexity index is 2310. The molecule has 0 saturated carbocycles. The fourth-order valence-corrected chi connectivity index (χ4v) is 9.66. The van der Waals surface area contributed by atoms with Gasteiger partial charge in [-0.25, -0.2) is 4.99 Å². The number of methoxy groups -OCH3 is 1.